The lowest BCUT2D eigenvalue weighted by Crippen LogP contribution is -2.55. The second-order valence-corrected chi connectivity index (χ2v) is 13.1. The van der Waals surface area contributed by atoms with Gasteiger partial charge in [-0.15, -0.1) is 0 Å². The molecule has 0 aliphatic rings. The van der Waals surface area contributed by atoms with Crippen molar-refractivity contribution in [2.45, 2.75) is 146 Å². The molecule has 0 spiro atoms. The number of alkyl halides is 12. The van der Waals surface area contributed by atoms with Gasteiger partial charge in [-0.1, -0.05) is 76.3 Å². The van der Waals surface area contributed by atoms with Crippen molar-refractivity contribution in [2.75, 3.05) is 11.5 Å². The molecular formula is C35H46F12N2O2. The predicted octanol–water partition coefficient (Wildman–Crippen LogP) is 12.1. The van der Waals surface area contributed by atoms with Crippen LogP contribution in [0.2, 0.25) is 0 Å². The maximum absolute atomic E-state index is 15.0. The number of phenolic OH excluding ortho intramolecular Hbond substituents is 2. The smallest absolute Gasteiger partial charge is 0.411 e. The van der Waals surface area contributed by atoms with E-state index in [-0.39, 0.29) is 49.7 Å². The van der Waals surface area contributed by atoms with Gasteiger partial charge in [0.15, 0.2) is 0 Å². The highest BCUT2D eigenvalue weighted by Crippen LogP contribution is 2.58. The quantitative estimate of drug-likeness (QED) is 0.0469. The molecule has 0 saturated carbocycles. The largest absolute Gasteiger partial charge is 0.506 e. The van der Waals surface area contributed by atoms with E-state index in [1.807, 2.05) is 0 Å². The summed E-state index contributed by atoms with van der Waals surface area (Å²) in [4.78, 5) is 0. The topological polar surface area (TPSA) is 92.5 Å². The van der Waals surface area contributed by atoms with Gasteiger partial charge in [0, 0.05) is 12.8 Å². The van der Waals surface area contributed by atoms with Gasteiger partial charge in [-0.2, -0.15) is 52.7 Å². The van der Waals surface area contributed by atoms with Gasteiger partial charge in [-0.25, -0.2) is 0 Å². The Morgan fingerprint density at radius 1 is 0.412 bits per heavy atom. The van der Waals surface area contributed by atoms with E-state index in [4.69, 9.17) is 11.5 Å². The second kappa shape index (κ2) is 18.5. The van der Waals surface area contributed by atoms with Crippen LogP contribution in [-0.2, 0) is 18.3 Å². The lowest BCUT2D eigenvalue weighted by atomic mass is 9.71. The number of phenols is 2. The molecule has 0 aromatic heterocycles. The van der Waals surface area contributed by atoms with Crippen molar-refractivity contribution in [3.63, 3.8) is 0 Å². The molecule has 0 radical (unpaired) electrons. The summed E-state index contributed by atoms with van der Waals surface area (Å²) in [6.07, 6.45) is -17.2. The first kappa shape index (κ1) is 44.0. The van der Waals surface area contributed by atoms with Crippen LogP contribution in [0.4, 0.5) is 64.1 Å². The van der Waals surface area contributed by atoms with E-state index in [9.17, 15) is 36.6 Å². The second-order valence-electron chi connectivity index (χ2n) is 13.1. The van der Waals surface area contributed by atoms with Gasteiger partial charge in [0.05, 0.1) is 11.4 Å². The van der Waals surface area contributed by atoms with Crippen molar-refractivity contribution in [3.05, 3.63) is 46.5 Å². The summed E-state index contributed by atoms with van der Waals surface area (Å²) in [5, 5.41) is 21.0. The minimum absolute atomic E-state index is 0.0168. The third-order valence-electron chi connectivity index (χ3n) is 8.97. The molecule has 0 aliphatic carbocycles. The van der Waals surface area contributed by atoms with E-state index >= 15 is 26.3 Å². The first-order valence-electron chi connectivity index (χ1n) is 17.0. The zero-order chi connectivity index (χ0) is 38.7. The molecule has 0 atom stereocenters. The van der Waals surface area contributed by atoms with Crippen molar-refractivity contribution in [1.29, 1.82) is 0 Å². The zero-order valence-corrected chi connectivity index (χ0v) is 28.1. The van der Waals surface area contributed by atoms with E-state index < -0.39 is 77.0 Å². The normalized spacial score (nSPS) is 13.3. The number of hydrogen-bond acceptors (Lipinski definition) is 4. The summed E-state index contributed by atoms with van der Waals surface area (Å²) in [6.45, 7) is 0. The number of nitrogens with two attached hydrogens (primary N) is 2. The molecule has 0 heterocycles. The molecule has 292 valence electrons. The molecule has 4 nitrogen and oxygen atoms in total. The fraction of sp³-hybridized carbons (Fsp3) is 0.657. The third-order valence-corrected chi connectivity index (χ3v) is 8.97. The summed E-state index contributed by atoms with van der Waals surface area (Å²) in [6, 6.07) is 2.05. The Balaban J connectivity index is 2.28. The molecule has 0 saturated heterocycles. The Morgan fingerprint density at radius 3 is 0.961 bits per heavy atom. The molecule has 0 aliphatic heterocycles. The highest BCUT2D eigenvalue weighted by molar-refractivity contribution is 5.65. The predicted molar refractivity (Wildman–Crippen MR) is 171 cm³/mol. The molecule has 2 aromatic carbocycles. The van der Waals surface area contributed by atoms with Crippen LogP contribution < -0.4 is 11.5 Å². The molecular weight excluding hydrogens is 708 g/mol. The molecule has 51 heavy (non-hydrogen) atoms. The van der Waals surface area contributed by atoms with Crippen LogP contribution in [0.5, 0.6) is 11.5 Å². The monoisotopic (exact) mass is 754 g/mol. The number of unbranched alkanes of at least 4 members (excludes halogenated alkanes) is 12. The molecule has 0 amide bonds. The maximum atomic E-state index is 15.0. The highest BCUT2D eigenvalue weighted by atomic mass is 19.4. The molecule has 0 bridgehead atoms. The average Bonchev–Trinajstić information content (AvgIpc) is 2.97. The van der Waals surface area contributed by atoms with Gasteiger partial charge < -0.3 is 21.7 Å². The molecule has 6 N–H and O–H groups in total. The van der Waals surface area contributed by atoms with Crippen molar-refractivity contribution in [1.82, 2.24) is 0 Å². The average molecular weight is 755 g/mol. The van der Waals surface area contributed by atoms with Crippen LogP contribution in [0.25, 0.3) is 0 Å². The van der Waals surface area contributed by atoms with Gasteiger partial charge in [0.1, 0.15) is 11.5 Å². The van der Waals surface area contributed by atoms with Crippen LogP contribution in [0.15, 0.2) is 24.3 Å². The van der Waals surface area contributed by atoms with E-state index in [1.54, 1.807) is 0 Å². The van der Waals surface area contributed by atoms with E-state index in [0.717, 1.165) is 0 Å². The number of benzene rings is 2. The Kier molecular flexibility index (Phi) is 16.0. The highest BCUT2D eigenvalue weighted by Gasteiger charge is 2.72. The van der Waals surface area contributed by atoms with Gasteiger partial charge in [0.25, 0.3) is 0 Å². The lowest BCUT2D eigenvalue weighted by molar-refractivity contribution is -0.288. The Hall–Kier alpha value is -3.20. The van der Waals surface area contributed by atoms with Crippen molar-refractivity contribution in [2.24, 2.45) is 0 Å². The number of hydrogen-bond donors (Lipinski definition) is 4. The van der Waals surface area contributed by atoms with E-state index in [1.165, 1.54) is 0 Å². The number of anilines is 2. The number of aryl methyl sites for hydroxylation is 2. The van der Waals surface area contributed by atoms with E-state index in [0.29, 0.717) is 88.5 Å². The van der Waals surface area contributed by atoms with Crippen LogP contribution >= 0.6 is 0 Å². The SMILES string of the molecule is Nc1cc(C(c2cc(N)c(O)c(CCCCCCCCCC(F)(F)F)c2)(C(F)(F)F)C(F)(F)F)cc(CCCCCCCCCC(F)(F)F)c1O. The fourth-order valence-electron chi connectivity index (χ4n) is 6.28. The summed E-state index contributed by atoms with van der Waals surface area (Å²) < 4.78 is 164. The van der Waals surface area contributed by atoms with Crippen molar-refractivity contribution >= 4 is 11.4 Å². The zero-order valence-electron chi connectivity index (χ0n) is 28.1. The molecule has 2 rings (SSSR count). The van der Waals surface area contributed by atoms with Crippen molar-refractivity contribution < 1.29 is 62.9 Å². The first-order valence-corrected chi connectivity index (χ1v) is 17.0. The van der Waals surface area contributed by atoms with Crippen LogP contribution in [-0.4, -0.2) is 34.9 Å². The van der Waals surface area contributed by atoms with Gasteiger partial charge in [-0.05, 0) is 72.9 Å². The standard InChI is InChI=1S/C35H46F12N2O2/c36-31(37,38)17-13-9-5-1-3-7-11-15-23-19-25(21-27(48)29(23)50)33(34(42,43)44,35(45,46)47)26-20-24(30(51)28(49)22-26)16-12-8-4-2-6-10-14-18-32(39,40)41/h19-22,50-51H,1-18,48-49H2. The molecule has 16 heteroatoms. The summed E-state index contributed by atoms with van der Waals surface area (Å²) in [5.74, 6) is -1.34. The van der Waals surface area contributed by atoms with Crippen LogP contribution in [0.1, 0.15) is 125 Å². The number of aromatic hydroxyl groups is 2. The van der Waals surface area contributed by atoms with Crippen molar-refractivity contribution in [3.8, 4) is 11.5 Å². The molecule has 2 aromatic rings. The third kappa shape index (κ3) is 13.1. The Morgan fingerprint density at radius 2 is 0.686 bits per heavy atom. The number of rotatable bonds is 20. The number of halogens is 12. The molecule has 0 fully saturated rings. The summed E-state index contributed by atoms with van der Waals surface area (Å²) in [5.41, 5.74) is 2.33. The lowest BCUT2D eigenvalue weighted by Gasteiger charge is -2.39. The fourth-order valence-corrected chi connectivity index (χ4v) is 6.28. The van der Waals surface area contributed by atoms with Gasteiger partial charge in [-0.3, -0.25) is 0 Å². The van der Waals surface area contributed by atoms with Gasteiger partial charge in [0.2, 0.25) is 5.41 Å². The Bertz CT molecular complexity index is 1270. The molecule has 0 unspecified atom stereocenters. The maximum Gasteiger partial charge on any atom is 0.411 e. The minimum atomic E-state index is -6.01. The van der Waals surface area contributed by atoms with Crippen LogP contribution in [0, 0.1) is 0 Å². The van der Waals surface area contributed by atoms with Gasteiger partial charge >= 0.3 is 24.7 Å². The number of nitrogen functional groups attached to an aromatic ring is 2. The van der Waals surface area contributed by atoms with Crippen LogP contribution in [0.3, 0.4) is 0 Å². The summed E-state index contributed by atoms with van der Waals surface area (Å²) in [7, 11) is 0. The minimum Gasteiger partial charge on any atom is -0.506 e. The summed E-state index contributed by atoms with van der Waals surface area (Å²) >= 11 is 0. The Labute approximate surface area is 289 Å². The first-order chi connectivity index (χ1) is 23.5. The van der Waals surface area contributed by atoms with E-state index in [2.05, 4.69) is 0 Å².